The molecule has 2 amide bonds. The van der Waals surface area contributed by atoms with E-state index in [2.05, 4.69) is 5.32 Å². The monoisotopic (exact) mass is 261 g/mol. The fraction of sp³-hybridized carbons (Fsp3) is 0.429. The van der Waals surface area contributed by atoms with E-state index in [0.717, 1.165) is 24.1 Å². The van der Waals surface area contributed by atoms with Crippen molar-refractivity contribution in [1.82, 2.24) is 4.90 Å². The second-order valence-corrected chi connectivity index (χ2v) is 4.72. The Hall–Kier alpha value is -1.88. The molecule has 1 saturated heterocycles. The first kappa shape index (κ1) is 13.5. The van der Waals surface area contributed by atoms with Crippen molar-refractivity contribution >= 4 is 17.5 Å². The Bertz CT molecular complexity index is 456. The van der Waals surface area contributed by atoms with Crippen LogP contribution in [0.2, 0.25) is 0 Å². The topological polar surface area (TPSA) is 75.4 Å². The maximum absolute atomic E-state index is 11.9. The maximum atomic E-state index is 11.9. The molecular weight excluding hydrogens is 242 g/mol. The summed E-state index contributed by atoms with van der Waals surface area (Å²) in [4.78, 5) is 25.1. The van der Waals surface area contributed by atoms with Gasteiger partial charge in [0, 0.05) is 25.2 Å². The Morgan fingerprint density at radius 2 is 2.00 bits per heavy atom. The molecule has 0 atom stereocenters. The number of nitrogens with two attached hydrogens (primary N) is 1. The highest BCUT2D eigenvalue weighted by atomic mass is 16.2. The largest absolute Gasteiger partial charge is 0.333 e. The molecule has 1 fully saturated rings. The molecule has 0 radical (unpaired) electrons. The maximum Gasteiger partial charge on any atom is 0.243 e. The summed E-state index contributed by atoms with van der Waals surface area (Å²) in [5, 5.41) is 2.79. The molecule has 1 aliphatic heterocycles. The fourth-order valence-corrected chi connectivity index (χ4v) is 2.13. The van der Waals surface area contributed by atoms with Gasteiger partial charge in [0.25, 0.3) is 0 Å². The highest BCUT2D eigenvalue weighted by Gasteiger charge is 2.20. The number of amides is 2. The number of piperidine rings is 1. The number of hydrogen-bond acceptors (Lipinski definition) is 3. The molecule has 1 aromatic carbocycles. The number of carbonyl (C=O) groups excluding carboxylic acids is 2. The molecular formula is C14H19N3O2. The summed E-state index contributed by atoms with van der Waals surface area (Å²) in [6.45, 7) is 1.30. The van der Waals surface area contributed by atoms with Crippen molar-refractivity contribution in [2.24, 2.45) is 5.73 Å². The average molecular weight is 261 g/mol. The van der Waals surface area contributed by atoms with E-state index in [0.29, 0.717) is 19.5 Å². The third kappa shape index (κ3) is 3.79. The lowest BCUT2D eigenvalue weighted by atomic mass is 10.1. The highest BCUT2D eigenvalue weighted by molar-refractivity contribution is 5.94. The molecule has 0 aromatic heterocycles. The summed E-state index contributed by atoms with van der Waals surface area (Å²) in [6, 6.07) is 7.39. The Morgan fingerprint density at radius 1 is 1.26 bits per heavy atom. The van der Waals surface area contributed by atoms with Crippen LogP contribution in [0.25, 0.3) is 0 Å². The first-order valence-corrected chi connectivity index (χ1v) is 6.55. The van der Waals surface area contributed by atoms with Crippen LogP contribution in [0, 0.1) is 0 Å². The number of benzene rings is 1. The molecule has 102 valence electrons. The van der Waals surface area contributed by atoms with Gasteiger partial charge in [0.15, 0.2) is 0 Å². The SMILES string of the molecule is NCc1ccc(NC(=O)CN2CCCCC2=O)cc1. The molecule has 0 aliphatic carbocycles. The van der Waals surface area contributed by atoms with Crippen molar-refractivity contribution in [3.05, 3.63) is 29.8 Å². The van der Waals surface area contributed by atoms with E-state index in [1.165, 1.54) is 0 Å². The van der Waals surface area contributed by atoms with Gasteiger partial charge in [-0.05, 0) is 30.5 Å². The van der Waals surface area contributed by atoms with Gasteiger partial charge in [0.05, 0.1) is 6.54 Å². The Morgan fingerprint density at radius 3 is 2.63 bits per heavy atom. The molecule has 2 rings (SSSR count). The first-order chi connectivity index (χ1) is 9.19. The molecule has 0 unspecified atom stereocenters. The van der Waals surface area contributed by atoms with E-state index in [9.17, 15) is 9.59 Å². The van der Waals surface area contributed by atoms with Crippen molar-refractivity contribution in [2.45, 2.75) is 25.8 Å². The molecule has 0 bridgehead atoms. The van der Waals surface area contributed by atoms with E-state index >= 15 is 0 Å². The predicted octanol–water partition coefficient (Wildman–Crippen LogP) is 1.10. The summed E-state index contributed by atoms with van der Waals surface area (Å²) < 4.78 is 0. The smallest absolute Gasteiger partial charge is 0.243 e. The Balaban J connectivity index is 1.87. The predicted molar refractivity (Wildman–Crippen MR) is 73.4 cm³/mol. The lowest BCUT2D eigenvalue weighted by molar-refractivity contribution is -0.136. The lowest BCUT2D eigenvalue weighted by Crippen LogP contribution is -2.40. The van der Waals surface area contributed by atoms with Gasteiger partial charge in [-0.3, -0.25) is 9.59 Å². The van der Waals surface area contributed by atoms with Crippen molar-refractivity contribution in [3.63, 3.8) is 0 Å². The van der Waals surface area contributed by atoms with Crippen LogP contribution >= 0.6 is 0 Å². The summed E-state index contributed by atoms with van der Waals surface area (Å²) >= 11 is 0. The minimum Gasteiger partial charge on any atom is -0.333 e. The second kappa shape index (κ2) is 6.33. The number of hydrogen-bond donors (Lipinski definition) is 2. The van der Waals surface area contributed by atoms with Gasteiger partial charge in [-0.25, -0.2) is 0 Å². The molecule has 0 saturated carbocycles. The average Bonchev–Trinajstić information content (AvgIpc) is 2.42. The number of rotatable bonds is 4. The van der Waals surface area contributed by atoms with Crippen molar-refractivity contribution in [2.75, 3.05) is 18.4 Å². The molecule has 19 heavy (non-hydrogen) atoms. The molecule has 1 aromatic rings. The zero-order valence-corrected chi connectivity index (χ0v) is 10.9. The van der Waals surface area contributed by atoms with Crippen LogP contribution < -0.4 is 11.1 Å². The number of nitrogens with one attached hydrogen (secondary N) is 1. The lowest BCUT2D eigenvalue weighted by Gasteiger charge is -2.25. The van der Waals surface area contributed by atoms with E-state index in [1.807, 2.05) is 24.3 Å². The summed E-state index contributed by atoms with van der Waals surface area (Å²) in [6.07, 6.45) is 2.46. The molecule has 1 aliphatic rings. The number of likely N-dealkylation sites (tertiary alicyclic amines) is 1. The second-order valence-electron chi connectivity index (χ2n) is 4.72. The minimum atomic E-state index is -0.157. The number of carbonyl (C=O) groups is 2. The Kier molecular flexibility index (Phi) is 4.52. The third-order valence-corrected chi connectivity index (χ3v) is 3.23. The molecule has 3 N–H and O–H groups in total. The van der Waals surface area contributed by atoms with Gasteiger partial charge in [0.1, 0.15) is 0 Å². The third-order valence-electron chi connectivity index (χ3n) is 3.23. The van der Waals surface area contributed by atoms with E-state index in [1.54, 1.807) is 4.90 Å². The number of nitrogens with zero attached hydrogens (tertiary/aromatic N) is 1. The van der Waals surface area contributed by atoms with Crippen molar-refractivity contribution in [3.8, 4) is 0 Å². The van der Waals surface area contributed by atoms with Crippen LogP contribution in [0.5, 0.6) is 0 Å². The van der Waals surface area contributed by atoms with Gasteiger partial charge in [-0.15, -0.1) is 0 Å². The van der Waals surface area contributed by atoms with E-state index in [-0.39, 0.29) is 18.4 Å². The Labute approximate surface area is 112 Å². The number of anilines is 1. The normalized spacial score (nSPS) is 15.4. The fourth-order valence-electron chi connectivity index (χ4n) is 2.13. The summed E-state index contributed by atoms with van der Waals surface area (Å²) in [5.74, 6) is -0.0874. The highest BCUT2D eigenvalue weighted by Crippen LogP contribution is 2.12. The van der Waals surface area contributed by atoms with Crippen LogP contribution in [0.1, 0.15) is 24.8 Å². The van der Waals surface area contributed by atoms with Crippen LogP contribution in [0.15, 0.2) is 24.3 Å². The van der Waals surface area contributed by atoms with E-state index < -0.39 is 0 Å². The van der Waals surface area contributed by atoms with Gasteiger partial charge in [0.2, 0.25) is 11.8 Å². The molecule has 0 spiro atoms. The molecule has 5 nitrogen and oxygen atoms in total. The summed E-state index contributed by atoms with van der Waals surface area (Å²) in [5.41, 5.74) is 7.25. The summed E-state index contributed by atoms with van der Waals surface area (Å²) in [7, 11) is 0. The van der Waals surface area contributed by atoms with Gasteiger partial charge in [-0.1, -0.05) is 12.1 Å². The first-order valence-electron chi connectivity index (χ1n) is 6.55. The zero-order valence-electron chi connectivity index (χ0n) is 10.9. The van der Waals surface area contributed by atoms with Crippen LogP contribution in [0.3, 0.4) is 0 Å². The van der Waals surface area contributed by atoms with Crippen molar-refractivity contribution < 1.29 is 9.59 Å². The molecule has 1 heterocycles. The van der Waals surface area contributed by atoms with Crippen LogP contribution in [-0.2, 0) is 16.1 Å². The standard InChI is InChI=1S/C14H19N3O2/c15-9-11-4-6-12(7-5-11)16-13(18)10-17-8-2-1-3-14(17)19/h4-7H,1-3,8-10,15H2,(H,16,18). The van der Waals surface area contributed by atoms with Crippen LogP contribution in [0.4, 0.5) is 5.69 Å². The van der Waals surface area contributed by atoms with E-state index in [4.69, 9.17) is 5.73 Å². The van der Waals surface area contributed by atoms with Gasteiger partial charge < -0.3 is 16.0 Å². The van der Waals surface area contributed by atoms with Crippen LogP contribution in [-0.4, -0.2) is 29.8 Å². The van der Waals surface area contributed by atoms with Gasteiger partial charge >= 0.3 is 0 Å². The van der Waals surface area contributed by atoms with Gasteiger partial charge in [-0.2, -0.15) is 0 Å². The zero-order chi connectivity index (χ0) is 13.7. The quantitative estimate of drug-likeness (QED) is 0.852. The van der Waals surface area contributed by atoms with Crippen molar-refractivity contribution in [1.29, 1.82) is 0 Å². The molecule has 5 heteroatoms. The minimum absolute atomic E-state index is 0.0693.